The van der Waals surface area contributed by atoms with Crippen LogP contribution in [0.4, 0.5) is 0 Å². The lowest BCUT2D eigenvalue weighted by Crippen LogP contribution is -2.16. The number of rotatable bonds is 3. The lowest BCUT2D eigenvalue weighted by Gasteiger charge is -1.94. The third-order valence-corrected chi connectivity index (χ3v) is 1.94. The number of amides is 1. The number of nitrogens with zero attached hydrogens (tertiary/aromatic N) is 1. The maximum Gasteiger partial charge on any atom is 0.307 e. The van der Waals surface area contributed by atoms with Gasteiger partial charge in [0, 0.05) is 0 Å². The fourth-order valence-electron chi connectivity index (χ4n) is 1.20. The molecule has 1 aromatic rings. The predicted molar refractivity (Wildman–Crippen MR) is 56.5 cm³/mol. The molecular formula is C11H10N2O2. The van der Waals surface area contributed by atoms with Gasteiger partial charge in [-0.05, 0) is 24.1 Å². The second-order valence-electron chi connectivity index (χ2n) is 3.05. The van der Waals surface area contributed by atoms with Crippen LogP contribution in [0.15, 0.2) is 51.7 Å². The van der Waals surface area contributed by atoms with Crippen molar-refractivity contribution in [3.05, 3.63) is 48.0 Å². The number of allylic oxidation sites excluding steroid dienone is 4. The Hall–Kier alpha value is -2.10. The van der Waals surface area contributed by atoms with E-state index in [1.165, 1.54) is 6.26 Å². The summed E-state index contributed by atoms with van der Waals surface area (Å²) < 4.78 is 4.90. The van der Waals surface area contributed by atoms with Gasteiger partial charge in [-0.25, -0.2) is 5.43 Å². The van der Waals surface area contributed by atoms with Crippen LogP contribution in [0.1, 0.15) is 17.0 Å². The van der Waals surface area contributed by atoms with Gasteiger partial charge in [0.05, 0.1) is 12.5 Å². The first kappa shape index (κ1) is 9.45. The summed E-state index contributed by atoms with van der Waals surface area (Å²) in [7, 11) is 0. The molecule has 0 spiro atoms. The number of nitrogens with one attached hydrogen (secondary N) is 1. The molecule has 0 aliphatic heterocycles. The average Bonchev–Trinajstić information content (AvgIpc) is 2.90. The summed E-state index contributed by atoms with van der Waals surface area (Å²) in [6.45, 7) is 0. The highest BCUT2D eigenvalue weighted by Gasteiger charge is 2.05. The zero-order valence-electron chi connectivity index (χ0n) is 8.01. The van der Waals surface area contributed by atoms with Gasteiger partial charge in [0.1, 0.15) is 0 Å². The summed E-state index contributed by atoms with van der Waals surface area (Å²) in [5.41, 5.74) is 3.44. The Bertz CT molecular complexity index is 427. The number of carbonyl (C=O) groups excluding carboxylic acids is 1. The number of hydrogen-bond acceptors (Lipinski definition) is 3. The Morgan fingerprint density at radius 1 is 1.60 bits per heavy atom. The topological polar surface area (TPSA) is 54.6 Å². The minimum atomic E-state index is -0.345. The van der Waals surface area contributed by atoms with Crippen molar-refractivity contribution in [2.24, 2.45) is 5.10 Å². The first-order chi connectivity index (χ1) is 7.36. The molecule has 1 aliphatic carbocycles. The van der Waals surface area contributed by atoms with E-state index < -0.39 is 0 Å². The minimum absolute atomic E-state index is 0.255. The van der Waals surface area contributed by atoms with Crippen molar-refractivity contribution in [2.45, 2.75) is 6.42 Å². The van der Waals surface area contributed by atoms with Crippen molar-refractivity contribution in [2.75, 3.05) is 0 Å². The number of hydrazone groups is 1. The molecule has 0 fully saturated rings. The first-order valence-corrected chi connectivity index (χ1v) is 4.59. The molecule has 0 saturated carbocycles. The second kappa shape index (κ2) is 4.41. The molecule has 0 radical (unpaired) electrons. The van der Waals surface area contributed by atoms with Crippen LogP contribution >= 0.6 is 0 Å². The molecule has 4 nitrogen and oxygen atoms in total. The molecule has 1 heterocycles. The number of carbonyl (C=O) groups is 1. The van der Waals surface area contributed by atoms with Gasteiger partial charge >= 0.3 is 5.91 Å². The molecule has 1 aliphatic rings. The van der Waals surface area contributed by atoms with Crippen LogP contribution in [-0.2, 0) is 0 Å². The quantitative estimate of drug-likeness (QED) is 0.601. The fourth-order valence-corrected chi connectivity index (χ4v) is 1.20. The Morgan fingerprint density at radius 3 is 3.20 bits per heavy atom. The van der Waals surface area contributed by atoms with Gasteiger partial charge in [-0.15, -0.1) is 0 Å². The molecule has 1 N–H and O–H groups in total. The van der Waals surface area contributed by atoms with Gasteiger partial charge in [-0.2, -0.15) is 5.10 Å². The van der Waals surface area contributed by atoms with Gasteiger partial charge in [-0.1, -0.05) is 18.2 Å². The smallest absolute Gasteiger partial charge is 0.307 e. The highest BCUT2D eigenvalue weighted by Crippen LogP contribution is 2.06. The van der Waals surface area contributed by atoms with E-state index in [9.17, 15) is 4.79 Å². The van der Waals surface area contributed by atoms with Crippen LogP contribution in [0.3, 0.4) is 0 Å². The third-order valence-electron chi connectivity index (χ3n) is 1.94. The van der Waals surface area contributed by atoms with E-state index in [1.54, 1.807) is 18.3 Å². The van der Waals surface area contributed by atoms with E-state index in [0.717, 1.165) is 12.0 Å². The molecule has 15 heavy (non-hydrogen) atoms. The molecule has 1 amide bonds. The average molecular weight is 202 g/mol. The van der Waals surface area contributed by atoms with Crippen LogP contribution in [0.2, 0.25) is 0 Å². The van der Waals surface area contributed by atoms with Gasteiger partial charge in [0.15, 0.2) is 5.76 Å². The van der Waals surface area contributed by atoms with Crippen LogP contribution in [-0.4, -0.2) is 12.1 Å². The van der Waals surface area contributed by atoms with Gasteiger partial charge in [0.25, 0.3) is 0 Å². The standard InChI is InChI=1S/C11H10N2O2/c14-11(10-6-3-7-15-10)13-12-8-9-4-1-2-5-9/h1-4,6-8H,5H2,(H,13,14)/b12-8+. The van der Waals surface area contributed by atoms with Crippen molar-refractivity contribution in [3.63, 3.8) is 0 Å². The maximum atomic E-state index is 11.3. The van der Waals surface area contributed by atoms with Crippen LogP contribution < -0.4 is 5.43 Å². The Morgan fingerprint density at radius 2 is 2.53 bits per heavy atom. The highest BCUT2D eigenvalue weighted by molar-refractivity contribution is 5.92. The summed E-state index contributed by atoms with van der Waals surface area (Å²) >= 11 is 0. The summed E-state index contributed by atoms with van der Waals surface area (Å²) in [4.78, 5) is 11.3. The molecule has 2 rings (SSSR count). The molecule has 1 aromatic heterocycles. The normalized spacial score (nSPS) is 14.5. The lowest BCUT2D eigenvalue weighted by atomic mass is 10.3. The summed E-state index contributed by atoms with van der Waals surface area (Å²) in [6, 6.07) is 3.24. The summed E-state index contributed by atoms with van der Waals surface area (Å²) in [5, 5.41) is 3.82. The van der Waals surface area contributed by atoms with Crippen molar-refractivity contribution in [1.82, 2.24) is 5.43 Å². The molecule has 0 unspecified atom stereocenters. The highest BCUT2D eigenvalue weighted by atomic mass is 16.3. The van der Waals surface area contributed by atoms with Crippen LogP contribution in [0.5, 0.6) is 0 Å². The SMILES string of the molecule is O=C(N/N=C/C1=CC=CC1)c1ccco1. The summed E-state index contributed by atoms with van der Waals surface area (Å²) in [6.07, 6.45) is 9.86. The van der Waals surface area contributed by atoms with Gasteiger partial charge in [-0.3, -0.25) is 4.79 Å². The second-order valence-corrected chi connectivity index (χ2v) is 3.05. The van der Waals surface area contributed by atoms with Gasteiger partial charge in [0.2, 0.25) is 0 Å². The Labute approximate surface area is 87.0 Å². The largest absolute Gasteiger partial charge is 0.459 e. The molecule has 0 bridgehead atoms. The third kappa shape index (κ3) is 2.43. The lowest BCUT2D eigenvalue weighted by molar-refractivity contribution is 0.0927. The first-order valence-electron chi connectivity index (χ1n) is 4.59. The maximum absolute atomic E-state index is 11.3. The molecule has 4 heteroatoms. The monoisotopic (exact) mass is 202 g/mol. The molecule has 0 saturated heterocycles. The van der Waals surface area contributed by atoms with Crippen molar-refractivity contribution in [3.8, 4) is 0 Å². The number of hydrogen-bond donors (Lipinski definition) is 1. The van der Waals surface area contributed by atoms with E-state index >= 15 is 0 Å². The molecule has 76 valence electrons. The fraction of sp³-hybridized carbons (Fsp3) is 0.0909. The molecule has 0 aromatic carbocycles. The van der Waals surface area contributed by atoms with E-state index in [4.69, 9.17) is 4.42 Å². The van der Waals surface area contributed by atoms with Crippen molar-refractivity contribution in [1.29, 1.82) is 0 Å². The zero-order chi connectivity index (χ0) is 10.5. The predicted octanol–water partition coefficient (Wildman–Crippen LogP) is 1.88. The Balaban J connectivity index is 1.86. The Kier molecular flexibility index (Phi) is 2.78. The van der Waals surface area contributed by atoms with Crippen molar-refractivity contribution >= 4 is 12.1 Å². The van der Waals surface area contributed by atoms with E-state index in [0.29, 0.717) is 0 Å². The van der Waals surface area contributed by atoms with E-state index in [-0.39, 0.29) is 11.7 Å². The summed E-state index contributed by atoms with van der Waals surface area (Å²) in [5.74, 6) is -0.0894. The number of furan rings is 1. The van der Waals surface area contributed by atoms with E-state index in [1.807, 2.05) is 18.2 Å². The van der Waals surface area contributed by atoms with Gasteiger partial charge < -0.3 is 4.42 Å². The van der Waals surface area contributed by atoms with Crippen LogP contribution in [0.25, 0.3) is 0 Å². The van der Waals surface area contributed by atoms with E-state index in [2.05, 4.69) is 10.5 Å². The van der Waals surface area contributed by atoms with Crippen molar-refractivity contribution < 1.29 is 9.21 Å². The zero-order valence-corrected chi connectivity index (χ0v) is 8.01. The molecular weight excluding hydrogens is 192 g/mol. The molecule has 0 atom stereocenters. The minimum Gasteiger partial charge on any atom is -0.459 e. The van der Waals surface area contributed by atoms with Crippen LogP contribution in [0, 0.1) is 0 Å².